The Hall–Kier alpha value is -1.84. The van der Waals surface area contributed by atoms with Crippen molar-refractivity contribution in [2.24, 2.45) is 0 Å². The molecule has 2 aromatic rings. The maximum absolute atomic E-state index is 10.4. The van der Waals surface area contributed by atoms with Gasteiger partial charge in [-0.3, -0.25) is 4.90 Å². The van der Waals surface area contributed by atoms with E-state index in [-0.39, 0.29) is 0 Å². The van der Waals surface area contributed by atoms with E-state index in [0.29, 0.717) is 13.2 Å². The van der Waals surface area contributed by atoms with E-state index in [1.165, 1.54) is 16.7 Å². The zero-order valence-corrected chi connectivity index (χ0v) is 16.0. The normalized spacial score (nSPS) is 12.4. The Kier molecular flexibility index (Phi) is 7.48. The Morgan fingerprint density at radius 2 is 1.80 bits per heavy atom. The molecule has 0 radical (unpaired) electrons. The van der Waals surface area contributed by atoms with Crippen molar-refractivity contribution in [1.29, 1.82) is 0 Å². The van der Waals surface area contributed by atoms with Gasteiger partial charge in [0.15, 0.2) is 0 Å². The van der Waals surface area contributed by atoms with Crippen molar-refractivity contribution < 1.29 is 9.84 Å². The molecule has 0 saturated heterocycles. The third-order valence-electron chi connectivity index (χ3n) is 4.43. The van der Waals surface area contributed by atoms with Crippen molar-refractivity contribution in [2.75, 3.05) is 19.7 Å². The van der Waals surface area contributed by atoms with Crippen molar-refractivity contribution in [3.63, 3.8) is 0 Å². The number of hydrogen-bond acceptors (Lipinski definition) is 3. The van der Waals surface area contributed by atoms with Crippen molar-refractivity contribution in [2.45, 2.75) is 46.8 Å². The van der Waals surface area contributed by atoms with Crippen molar-refractivity contribution in [3.8, 4) is 5.75 Å². The second-order valence-electron chi connectivity index (χ2n) is 6.90. The molecule has 25 heavy (non-hydrogen) atoms. The van der Waals surface area contributed by atoms with Gasteiger partial charge in [0.1, 0.15) is 18.5 Å². The lowest BCUT2D eigenvalue weighted by molar-refractivity contribution is 0.0653. The molecule has 0 aliphatic heterocycles. The lowest BCUT2D eigenvalue weighted by Gasteiger charge is -2.25. The summed E-state index contributed by atoms with van der Waals surface area (Å²) in [6.45, 7) is 11.2. The zero-order chi connectivity index (χ0) is 18.2. The first kappa shape index (κ1) is 19.5. The number of para-hydroxylation sites is 1. The number of rotatable bonds is 9. The van der Waals surface area contributed by atoms with E-state index < -0.39 is 6.10 Å². The lowest BCUT2D eigenvalue weighted by atomic mass is 10.1. The van der Waals surface area contributed by atoms with Crippen LogP contribution in [0.3, 0.4) is 0 Å². The molecule has 0 heterocycles. The van der Waals surface area contributed by atoms with Crippen LogP contribution in [0.25, 0.3) is 0 Å². The van der Waals surface area contributed by atoms with E-state index >= 15 is 0 Å². The number of aliphatic hydroxyl groups excluding tert-OH is 1. The minimum absolute atomic E-state index is 0.317. The first-order valence-electron chi connectivity index (χ1n) is 9.14. The third-order valence-corrected chi connectivity index (χ3v) is 4.43. The van der Waals surface area contributed by atoms with E-state index in [0.717, 1.165) is 30.8 Å². The Bertz CT molecular complexity index is 669. The molecule has 0 unspecified atom stereocenters. The van der Waals surface area contributed by atoms with Crippen LogP contribution in [0.15, 0.2) is 42.5 Å². The first-order chi connectivity index (χ1) is 12.0. The monoisotopic (exact) mass is 341 g/mol. The van der Waals surface area contributed by atoms with Crippen LogP contribution < -0.4 is 4.74 Å². The van der Waals surface area contributed by atoms with Crippen LogP contribution in [0.2, 0.25) is 0 Å². The number of hydrogen-bond donors (Lipinski definition) is 1. The number of aliphatic hydroxyl groups is 1. The van der Waals surface area contributed by atoms with Gasteiger partial charge in [0.2, 0.25) is 0 Å². The summed E-state index contributed by atoms with van der Waals surface area (Å²) in [5.74, 6) is 0.845. The summed E-state index contributed by atoms with van der Waals surface area (Å²) in [7, 11) is 0. The van der Waals surface area contributed by atoms with Gasteiger partial charge in [-0.15, -0.1) is 0 Å². The summed E-state index contributed by atoms with van der Waals surface area (Å²) in [5, 5.41) is 10.4. The van der Waals surface area contributed by atoms with Gasteiger partial charge in [-0.1, -0.05) is 48.9 Å². The molecule has 3 nitrogen and oxygen atoms in total. The Labute approximate surface area is 152 Å². The Morgan fingerprint density at radius 1 is 1.04 bits per heavy atom. The molecule has 0 aromatic heterocycles. The summed E-state index contributed by atoms with van der Waals surface area (Å²) in [5.41, 5.74) is 5.02. The van der Waals surface area contributed by atoms with E-state index in [2.05, 4.69) is 43.9 Å². The number of aryl methyl sites for hydroxylation is 3. The number of ether oxygens (including phenoxy) is 1. The van der Waals surface area contributed by atoms with Crippen LogP contribution in [-0.2, 0) is 6.54 Å². The van der Waals surface area contributed by atoms with E-state index in [1.54, 1.807) is 0 Å². The highest BCUT2D eigenvalue weighted by atomic mass is 16.5. The van der Waals surface area contributed by atoms with Crippen LogP contribution >= 0.6 is 0 Å². The van der Waals surface area contributed by atoms with E-state index in [4.69, 9.17) is 4.74 Å². The third kappa shape index (κ3) is 6.18. The predicted molar refractivity (Wildman–Crippen MR) is 104 cm³/mol. The molecule has 0 aliphatic rings. The molecule has 0 aliphatic carbocycles. The zero-order valence-electron chi connectivity index (χ0n) is 16.0. The highest BCUT2D eigenvalue weighted by Gasteiger charge is 2.14. The van der Waals surface area contributed by atoms with Gasteiger partial charge in [-0.25, -0.2) is 0 Å². The average molecular weight is 341 g/mol. The smallest absolute Gasteiger partial charge is 0.122 e. The predicted octanol–water partition coefficient (Wildman–Crippen LogP) is 4.26. The molecule has 0 bridgehead atoms. The molecular formula is C22H31NO2. The van der Waals surface area contributed by atoms with Crippen molar-refractivity contribution >= 4 is 0 Å². The molecular weight excluding hydrogens is 310 g/mol. The van der Waals surface area contributed by atoms with Crippen LogP contribution in [0.5, 0.6) is 5.75 Å². The van der Waals surface area contributed by atoms with Crippen LogP contribution in [0.4, 0.5) is 0 Å². The maximum Gasteiger partial charge on any atom is 0.122 e. The first-order valence-corrected chi connectivity index (χ1v) is 9.14. The van der Waals surface area contributed by atoms with Crippen molar-refractivity contribution in [1.82, 2.24) is 4.90 Å². The number of nitrogens with zero attached hydrogens (tertiary/aromatic N) is 1. The molecule has 0 saturated carbocycles. The fourth-order valence-corrected chi connectivity index (χ4v) is 3.07. The summed E-state index contributed by atoms with van der Waals surface area (Å²) in [6, 6.07) is 14.5. The fourth-order valence-electron chi connectivity index (χ4n) is 3.07. The summed E-state index contributed by atoms with van der Waals surface area (Å²) in [6.07, 6.45) is 0.563. The SMILES string of the molecule is CCCN(Cc1ccc(C)cc1C)C[C@H](O)COc1ccccc1C. The molecule has 1 N–H and O–H groups in total. The molecule has 0 fully saturated rings. The lowest BCUT2D eigenvalue weighted by Crippen LogP contribution is -2.36. The Balaban J connectivity index is 1.92. The highest BCUT2D eigenvalue weighted by molar-refractivity contribution is 5.32. The molecule has 0 spiro atoms. The van der Waals surface area contributed by atoms with Gasteiger partial charge >= 0.3 is 0 Å². The van der Waals surface area contributed by atoms with Gasteiger partial charge in [-0.2, -0.15) is 0 Å². The molecule has 3 heteroatoms. The largest absolute Gasteiger partial charge is 0.491 e. The maximum atomic E-state index is 10.4. The molecule has 136 valence electrons. The Morgan fingerprint density at radius 3 is 2.48 bits per heavy atom. The topological polar surface area (TPSA) is 32.7 Å². The van der Waals surface area contributed by atoms with Gasteiger partial charge in [0.05, 0.1) is 0 Å². The average Bonchev–Trinajstić information content (AvgIpc) is 2.57. The van der Waals surface area contributed by atoms with Crippen LogP contribution in [0.1, 0.15) is 35.6 Å². The summed E-state index contributed by atoms with van der Waals surface area (Å²) < 4.78 is 5.79. The molecule has 2 rings (SSSR count). The highest BCUT2D eigenvalue weighted by Crippen LogP contribution is 2.17. The molecule has 2 aromatic carbocycles. The second-order valence-corrected chi connectivity index (χ2v) is 6.90. The minimum atomic E-state index is -0.503. The van der Waals surface area contributed by atoms with Crippen LogP contribution in [-0.4, -0.2) is 35.8 Å². The van der Waals surface area contributed by atoms with Crippen LogP contribution in [0, 0.1) is 20.8 Å². The quantitative estimate of drug-likeness (QED) is 0.739. The summed E-state index contributed by atoms with van der Waals surface area (Å²) in [4.78, 5) is 2.31. The van der Waals surface area contributed by atoms with E-state index in [1.807, 2.05) is 31.2 Å². The van der Waals surface area contributed by atoms with Gasteiger partial charge in [0.25, 0.3) is 0 Å². The standard InChI is InChI=1S/C22H31NO2/c1-5-12-23(14-20-11-10-17(2)13-19(20)4)15-21(24)16-25-22-9-7-6-8-18(22)3/h6-11,13,21,24H,5,12,14-16H2,1-4H3/t21-/m0/s1. The van der Waals surface area contributed by atoms with Gasteiger partial charge in [0, 0.05) is 13.1 Å². The fraction of sp³-hybridized carbons (Fsp3) is 0.455. The van der Waals surface area contributed by atoms with Gasteiger partial charge in [-0.05, 0) is 56.5 Å². The number of benzene rings is 2. The van der Waals surface area contributed by atoms with Gasteiger partial charge < -0.3 is 9.84 Å². The molecule has 1 atom stereocenters. The minimum Gasteiger partial charge on any atom is -0.491 e. The van der Waals surface area contributed by atoms with E-state index in [9.17, 15) is 5.11 Å². The second kappa shape index (κ2) is 9.59. The summed E-state index contributed by atoms with van der Waals surface area (Å²) >= 11 is 0. The van der Waals surface area contributed by atoms with Crippen molar-refractivity contribution in [3.05, 3.63) is 64.7 Å². The molecule has 0 amide bonds.